The molecule has 0 spiro atoms. The molecule has 1 aromatic heterocycles. The summed E-state index contributed by atoms with van der Waals surface area (Å²) < 4.78 is 0.585. The van der Waals surface area contributed by atoms with Crippen LogP contribution in [0.2, 0.25) is 0 Å². The highest BCUT2D eigenvalue weighted by Crippen LogP contribution is 2.23. The molecule has 1 atom stereocenters. The number of aryl methyl sites for hydroxylation is 1. The highest BCUT2D eigenvalue weighted by atomic mass is 127. The van der Waals surface area contributed by atoms with E-state index in [2.05, 4.69) is 91.2 Å². The van der Waals surface area contributed by atoms with Crippen molar-refractivity contribution in [2.24, 2.45) is 0 Å². The maximum atomic E-state index is 4.40. The largest absolute Gasteiger partial charge is 0.301 e. The third-order valence-corrected chi connectivity index (χ3v) is 5.02. The van der Waals surface area contributed by atoms with Crippen LogP contribution in [-0.2, 0) is 6.54 Å². The first-order valence-corrected chi connectivity index (χ1v) is 9.77. The SMILES string of the molecule is CC(I)c1nnn(CCCN2CCN(C(C)(C)I)CC2)n1. The van der Waals surface area contributed by atoms with Gasteiger partial charge in [-0.2, -0.15) is 4.80 Å². The minimum Gasteiger partial charge on any atom is -0.301 e. The molecule has 2 rings (SSSR count). The van der Waals surface area contributed by atoms with Crippen LogP contribution in [0.15, 0.2) is 0 Å². The average molecular weight is 518 g/mol. The number of tetrazole rings is 1. The number of nitrogens with zero attached hydrogens (tertiary/aromatic N) is 6. The van der Waals surface area contributed by atoms with Gasteiger partial charge in [-0.05, 0) is 32.4 Å². The summed E-state index contributed by atoms with van der Waals surface area (Å²) in [5.74, 6) is 0.827. The topological polar surface area (TPSA) is 50.1 Å². The standard InChI is InChI=1S/C13H24I2N6/c1-11(14)12-16-18-21(17-12)6-4-5-19-7-9-20(10-8-19)13(2,3)15/h11H,4-10H2,1-3H3. The van der Waals surface area contributed by atoms with Crippen molar-refractivity contribution in [1.29, 1.82) is 0 Å². The fraction of sp³-hybridized carbons (Fsp3) is 0.923. The molecule has 1 aromatic rings. The molecule has 0 aromatic carbocycles. The third kappa shape index (κ3) is 5.54. The Morgan fingerprint density at radius 1 is 1.19 bits per heavy atom. The minimum absolute atomic E-state index is 0.265. The summed E-state index contributed by atoms with van der Waals surface area (Å²) in [5.41, 5.74) is 0. The van der Waals surface area contributed by atoms with Gasteiger partial charge in [0, 0.05) is 32.7 Å². The lowest BCUT2D eigenvalue weighted by molar-refractivity contribution is 0.100. The second kappa shape index (κ2) is 7.82. The van der Waals surface area contributed by atoms with Crippen molar-refractivity contribution in [3.63, 3.8) is 0 Å². The van der Waals surface area contributed by atoms with Gasteiger partial charge in [-0.3, -0.25) is 4.90 Å². The molecule has 8 heteroatoms. The first kappa shape index (κ1) is 17.8. The Morgan fingerprint density at radius 2 is 1.86 bits per heavy atom. The Morgan fingerprint density at radius 3 is 2.38 bits per heavy atom. The van der Waals surface area contributed by atoms with E-state index in [0.717, 1.165) is 51.5 Å². The first-order valence-electron chi connectivity index (χ1n) is 7.44. The van der Waals surface area contributed by atoms with Crippen LogP contribution < -0.4 is 0 Å². The van der Waals surface area contributed by atoms with Crippen molar-refractivity contribution in [3.8, 4) is 0 Å². The molecule has 0 aliphatic carbocycles. The predicted octanol–water partition coefficient (Wildman–Crippen LogP) is 2.35. The van der Waals surface area contributed by atoms with Crippen molar-refractivity contribution in [2.75, 3.05) is 32.7 Å². The molecule has 2 heterocycles. The Balaban J connectivity index is 1.68. The van der Waals surface area contributed by atoms with Crippen LogP contribution >= 0.6 is 45.2 Å². The van der Waals surface area contributed by atoms with Gasteiger partial charge in [-0.1, -0.05) is 45.2 Å². The normalized spacial score (nSPS) is 19.9. The van der Waals surface area contributed by atoms with Gasteiger partial charge in [0.05, 0.1) is 14.0 Å². The number of alkyl halides is 2. The second-order valence-corrected chi connectivity index (χ2v) is 10.5. The number of hydrogen-bond donors (Lipinski definition) is 0. The molecule has 0 N–H and O–H groups in total. The zero-order chi connectivity index (χ0) is 15.5. The third-order valence-electron chi connectivity index (χ3n) is 3.78. The molecule has 1 aliphatic rings. The van der Waals surface area contributed by atoms with Crippen LogP contribution in [0.5, 0.6) is 0 Å². The summed E-state index contributed by atoms with van der Waals surface area (Å²) in [6, 6.07) is 0. The minimum atomic E-state index is 0.265. The summed E-state index contributed by atoms with van der Waals surface area (Å²) in [5, 5.41) is 12.6. The molecule has 1 aliphatic heterocycles. The van der Waals surface area contributed by atoms with E-state index in [1.165, 1.54) is 0 Å². The zero-order valence-electron chi connectivity index (χ0n) is 13.0. The van der Waals surface area contributed by atoms with Crippen molar-refractivity contribution in [1.82, 2.24) is 30.0 Å². The lowest BCUT2D eigenvalue weighted by atomic mass is 10.2. The summed E-state index contributed by atoms with van der Waals surface area (Å²) in [6.07, 6.45) is 1.08. The summed E-state index contributed by atoms with van der Waals surface area (Å²) in [6.45, 7) is 13.3. The fourth-order valence-corrected chi connectivity index (χ4v) is 3.18. The number of hydrogen-bond acceptors (Lipinski definition) is 5. The van der Waals surface area contributed by atoms with Gasteiger partial charge in [-0.15, -0.1) is 10.2 Å². The summed E-state index contributed by atoms with van der Waals surface area (Å²) in [4.78, 5) is 6.82. The van der Waals surface area contributed by atoms with Crippen molar-refractivity contribution >= 4 is 45.2 Å². The Labute approximate surface area is 154 Å². The highest BCUT2D eigenvalue weighted by molar-refractivity contribution is 14.1. The fourth-order valence-electron chi connectivity index (χ4n) is 2.45. The van der Waals surface area contributed by atoms with Gasteiger partial charge in [0.2, 0.25) is 0 Å². The number of piperazine rings is 1. The second-order valence-electron chi connectivity index (χ2n) is 5.95. The van der Waals surface area contributed by atoms with Gasteiger partial charge >= 0.3 is 0 Å². The van der Waals surface area contributed by atoms with E-state index in [1.54, 1.807) is 4.80 Å². The summed E-state index contributed by atoms with van der Waals surface area (Å²) >= 11 is 4.84. The maximum Gasteiger partial charge on any atom is 0.187 e. The molecule has 120 valence electrons. The molecular formula is C13H24I2N6. The van der Waals surface area contributed by atoms with Crippen LogP contribution in [0.3, 0.4) is 0 Å². The maximum absolute atomic E-state index is 4.40. The van der Waals surface area contributed by atoms with Crippen molar-refractivity contribution < 1.29 is 0 Å². The number of aromatic nitrogens is 4. The molecule has 21 heavy (non-hydrogen) atoms. The van der Waals surface area contributed by atoms with Crippen molar-refractivity contribution in [2.45, 2.75) is 41.2 Å². The lowest BCUT2D eigenvalue weighted by Crippen LogP contribution is -2.52. The molecule has 1 fully saturated rings. The molecule has 6 nitrogen and oxygen atoms in total. The molecule has 1 unspecified atom stereocenters. The molecule has 0 amide bonds. The Bertz CT molecular complexity index is 434. The van der Waals surface area contributed by atoms with E-state index >= 15 is 0 Å². The van der Waals surface area contributed by atoms with E-state index in [1.807, 2.05) is 0 Å². The van der Waals surface area contributed by atoms with Crippen molar-refractivity contribution in [3.05, 3.63) is 5.82 Å². The highest BCUT2D eigenvalue weighted by Gasteiger charge is 2.26. The van der Waals surface area contributed by atoms with E-state index in [4.69, 9.17) is 0 Å². The number of rotatable bonds is 6. The molecular weight excluding hydrogens is 494 g/mol. The quantitative estimate of drug-likeness (QED) is 0.329. The van der Waals surface area contributed by atoms with E-state index in [-0.39, 0.29) is 3.55 Å². The molecule has 0 saturated carbocycles. The van der Waals surface area contributed by atoms with Gasteiger partial charge in [-0.25, -0.2) is 0 Å². The lowest BCUT2D eigenvalue weighted by Gasteiger charge is -2.41. The summed E-state index contributed by atoms with van der Waals surface area (Å²) in [7, 11) is 0. The molecule has 0 bridgehead atoms. The Kier molecular flexibility index (Phi) is 6.63. The smallest absolute Gasteiger partial charge is 0.187 e. The zero-order valence-corrected chi connectivity index (χ0v) is 17.3. The van der Waals surface area contributed by atoms with Gasteiger partial charge in [0.25, 0.3) is 0 Å². The van der Waals surface area contributed by atoms with Gasteiger partial charge < -0.3 is 4.90 Å². The van der Waals surface area contributed by atoms with E-state index in [9.17, 15) is 0 Å². The number of halogens is 2. The predicted molar refractivity (Wildman–Crippen MR) is 101 cm³/mol. The van der Waals surface area contributed by atoms with Gasteiger partial charge in [0.15, 0.2) is 5.82 Å². The van der Waals surface area contributed by atoms with Crippen LogP contribution in [-0.4, -0.2) is 66.3 Å². The van der Waals surface area contributed by atoms with E-state index < -0.39 is 0 Å². The monoisotopic (exact) mass is 518 g/mol. The van der Waals surface area contributed by atoms with Crippen LogP contribution in [0.25, 0.3) is 0 Å². The van der Waals surface area contributed by atoms with Gasteiger partial charge in [0.1, 0.15) is 0 Å². The molecule has 1 saturated heterocycles. The Hall–Kier alpha value is 0.450. The average Bonchev–Trinajstić information content (AvgIpc) is 2.87. The van der Waals surface area contributed by atoms with Crippen LogP contribution in [0.1, 0.15) is 36.9 Å². The van der Waals surface area contributed by atoms with Crippen LogP contribution in [0.4, 0.5) is 0 Å². The first-order chi connectivity index (χ1) is 9.86. The van der Waals surface area contributed by atoms with Crippen LogP contribution in [0, 0.1) is 0 Å². The molecule has 0 radical (unpaired) electrons. The van der Waals surface area contributed by atoms with E-state index in [0.29, 0.717) is 3.92 Å².